The van der Waals surface area contributed by atoms with Crippen LogP contribution < -0.4 is 16.4 Å². The second kappa shape index (κ2) is 26.5. The van der Waals surface area contributed by atoms with E-state index in [-0.39, 0.29) is 49.9 Å². The Morgan fingerprint density at radius 3 is 1.25 bits per heavy atom. The summed E-state index contributed by atoms with van der Waals surface area (Å²) in [7, 11) is 0.205. The van der Waals surface area contributed by atoms with Gasteiger partial charge >= 0.3 is 0 Å². The summed E-state index contributed by atoms with van der Waals surface area (Å²) in [4.78, 5) is 0. The molecule has 0 nitrogen and oxygen atoms in total. The Morgan fingerprint density at radius 2 is 0.833 bits per heavy atom. The quantitative estimate of drug-likeness (QED) is 0.155. The van der Waals surface area contributed by atoms with Crippen LogP contribution in [0.2, 0.25) is 6.82 Å². The van der Waals surface area contributed by atoms with Crippen LogP contribution in [0.5, 0.6) is 0 Å². The van der Waals surface area contributed by atoms with Crippen LogP contribution in [0.1, 0.15) is 44.5 Å². The summed E-state index contributed by atoms with van der Waals surface area (Å²) in [6, 6.07) is 58.2. The maximum atomic E-state index is 12.1. The van der Waals surface area contributed by atoms with Gasteiger partial charge in [-0.1, -0.05) is 202 Å². The number of hydrogen-bond acceptors (Lipinski definition) is 0. The lowest BCUT2D eigenvalue weighted by Crippen LogP contribution is -2.16. The smallest absolute Gasteiger partial charge is 0.123 e. The van der Waals surface area contributed by atoms with Crippen molar-refractivity contribution in [3.8, 4) is 0 Å². The van der Waals surface area contributed by atoms with Crippen molar-refractivity contribution in [1.82, 2.24) is 0 Å². The van der Waals surface area contributed by atoms with Crippen LogP contribution in [0.4, 0.5) is 4.39 Å². The standard InChI is InChI=1S/C14H16B.C13H14B.C7H10B.C7H7F.3CH4/c1-12-7-5-6-8-13(12)11-15-14-9-3-2-4-10-14;1-3-7-12(8-4-1)11-14-13-9-5-2-6-10-13;1-8-7-5-3-2-4-6-7;1-6-2-4-7(8)5-3-6;;;/h2-10H,11,15H2,1H3;1-10H,11,14H2;2-6H,8H2,1H3;2-5H,1H3;3*1H4/q3*-1;;;;. The number of halogens is 1. The van der Waals surface area contributed by atoms with Gasteiger partial charge in [0.2, 0.25) is 0 Å². The third-order valence-corrected chi connectivity index (χ3v) is 8.47. The molecule has 0 N–H and O–H groups in total. The summed E-state index contributed by atoms with van der Waals surface area (Å²) in [6.45, 7) is 6.42. The van der Waals surface area contributed by atoms with E-state index in [4.69, 9.17) is 0 Å². The maximum absolute atomic E-state index is 12.1. The van der Waals surface area contributed by atoms with Gasteiger partial charge in [-0.15, -0.1) is 0 Å². The lowest BCUT2D eigenvalue weighted by atomic mass is 9.65. The summed E-state index contributed by atoms with van der Waals surface area (Å²) in [5.41, 5.74) is 10.1. The second-order valence-electron chi connectivity index (χ2n) is 12.1. The van der Waals surface area contributed by atoms with Crippen molar-refractivity contribution >= 4 is 38.2 Å². The molecule has 0 aliphatic rings. The molecule has 0 aliphatic heterocycles. The molecule has 6 rings (SSSR count). The molecule has 0 aromatic heterocycles. The zero-order chi connectivity index (χ0) is 32.0. The first-order valence-corrected chi connectivity index (χ1v) is 17.1. The molecular weight excluding hydrogens is 580 g/mol. The molecule has 0 saturated carbocycles. The van der Waals surface area contributed by atoms with Crippen molar-refractivity contribution in [3.63, 3.8) is 0 Å². The Morgan fingerprint density at radius 1 is 0.438 bits per heavy atom. The third kappa shape index (κ3) is 18.6. The average Bonchev–Trinajstić information content (AvgIpc) is 3.11. The minimum atomic E-state index is -0.171. The molecule has 48 heavy (non-hydrogen) atoms. The minimum absolute atomic E-state index is 0. The van der Waals surface area contributed by atoms with Crippen LogP contribution in [-0.4, -0.2) is 21.8 Å². The molecule has 0 spiro atoms. The Labute approximate surface area is 295 Å². The van der Waals surface area contributed by atoms with E-state index in [9.17, 15) is 4.39 Å². The summed E-state index contributed by atoms with van der Waals surface area (Å²) in [5, 5.41) is 0. The zero-order valence-corrected chi connectivity index (χ0v) is 28.0. The van der Waals surface area contributed by atoms with E-state index in [1.165, 1.54) is 52.4 Å². The summed E-state index contributed by atoms with van der Waals surface area (Å²) >= 11 is 0. The Kier molecular flexibility index (Phi) is 24.0. The highest BCUT2D eigenvalue weighted by molar-refractivity contribution is 6.53. The molecule has 0 atom stereocenters. The minimum Gasteiger partial charge on any atom is -0.217 e. The van der Waals surface area contributed by atoms with Gasteiger partial charge in [0, 0.05) is 14.6 Å². The first kappa shape index (κ1) is 43.4. The lowest BCUT2D eigenvalue weighted by Gasteiger charge is -2.10. The second-order valence-corrected chi connectivity index (χ2v) is 12.1. The third-order valence-electron chi connectivity index (χ3n) is 8.47. The van der Waals surface area contributed by atoms with Gasteiger partial charge in [-0.2, -0.15) is 19.5 Å². The molecule has 0 unspecified atom stereocenters. The van der Waals surface area contributed by atoms with Crippen molar-refractivity contribution in [2.45, 2.75) is 55.6 Å². The van der Waals surface area contributed by atoms with E-state index >= 15 is 0 Å². The molecule has 0 heterocycles. The van der Waals surface area contributed by atoms with Gasteiger partial charge in [-0.05, 0) is 33.3 Å². The predicted molar refractivity (Wildman–Crippen MR) is 226 cm³/mol. The fourth-order valence-electron chi connectivity index (χ4n) is 5.46. The van der Waals surface area contributed by atoms with Gasteiger partial charge < -0.3 is 0 Å². The van der Waals surface area contributed by atoms with E-state index < -0.39 is 0 Å². The van der Waals surface area contributed by atoms with Crippen LogP contribution in [0.3, 0.4) is 0 Å². The fourth-order valence-corrected chi connectivity index (χ4v) is 5.46. The van der Waals surface area contributed by atoms with Gasteiger partial charge in [-0.25, -0.2) is 20.8 Å². The zero-order valence-electron chi connectivity index (χ0n) is 28.0. The van der Waals surface area contributed by atoms with Gasteiger partial charge in [0.25, 0.3) is 0 Å². The molecule has 0 amide bonds. The normalized spacial score (nSPS) is 9.17. The summed E-state index contributed by atoms with van der Waals surface area (Å²) in [5.74, 6) is -0.171. The Bertz CT molecular complexity index is 1510. The van der Waals surface area contributed by atoms with E-state index in [0.717, 1.165) is 5.56 Å². The van der Waals surface area contributed by atoms with E-state index in [1.54, 1.807) is 17.6 Å². The highest BCUT2D eigenvalue weighted by atomic mass is 19.1. The number of hydrogen-bond donors (Lipinski definition) is 0. The molecule has 6 aromatic carbocycles. The summed E-state index contributed by atoms with van der Waals surface area (Å²) in [6.07, 6.45) is 2.52. The number of rotatable bonds is 7. The maximum Gasteiger partial charge on any atom is 0.123 e. The average molecular weight is 639 g/mol. The Hall–Kier alpha value is -4.56. The van der Waals surface area contributed by atoms with Gasteiger partial charge in [0.15, 0.2) is 0 Å². The SMILES string of the molecule is C.C.C.C[BH2-]c1ccccc1.Cc1ccc(F)cc1.Cc1ccccc1C[BH2-]c1ccccc1.[BH2-](Cc1ccccc1)c1ccccc1. The molecule has 0 aliphatic carbocycles. The lowest BCUT2D eigenvalue weighted by molar-refractivity contribution is 0.627. The van der Waals surface area contributed by atoms with Crippen molar-refractivity contribution in [2.24, 2.45) is 0 Å². The van der Waals surface area contributed by atoms with E-state index in [1.807, 2.05) is 6.92 Å². The largest absolute Gasteiger partial charge is 0.217 e. The molecule has 0 radical (unpaired) electrons. The van der Waals surface area contributed by atoms with Crippen molar-refractivity contribution in [1.29, 1.82) is 0 Å². The van der Waals surface area contributed by atoms with Crippen molar-refractivity contribution in [2.75, 3.05) is 0 Å². The molecule has 254 valence electrons. The summed E-state index contributed by atoms with van der Waals surface area (Å²) < 4.78 is 12.1. The fraction of sp³-hybridized carbons (Fsp3) is 0.182. The van der Waals surface area contributed by atoms with E-state index in [0.29, 0.717) is 0 Å². The van der Waals surface area contributed by atoms with Crippen molar-refractivity contribution < 1.29 is 4.39 Å². The van der Waals surface area contributed by atoms with Crippen LogP contribution in [0.25, 0.3) is 0 Å². The van der Waals surface area contributed by atoms with Gasteiger partial charge in [-0.3, -0.25) is 0 Å². The first-order chi connectivity index (χ1) is 22.0. The molecule has 0 bridgehead atoms. The van der Waals surface area contributed by atoms with Crippen LogP contribution in [0.15, 0.2) is 170 Å². The predicted octanol–water partition coefficient (Wildman–Crippen LogP) is 8.24. The van der Waals surface area contributed by atoms with Gasteiger partial charge in [0.05, 0.1) is 0 Å². The highest BCUT2D eigenvalue weighted by Crippen LogP contribution is 2.06. The molecule has 0 fully saturated rings. The first-order valence-electron chi connectivity index (χ1n) is 17.1. The molecule has 0 saturated heterocycles. The highest BCUT2D eigenvalue weighted by Gasteiger charge is 1.93. The van der Waals surface area contributed by atoms with Crippen molar-refractivity contribution in [3.05, 3.63) is 198 Å². The van der Waals surface area contributed by atoms with Crippen LogP contribution >= 0.6 is 0 Å². The number of benzene rings is 6. The van der Waals surface area contributed by atoms with Crippen LogP contribution in [0, 0.1) is 19.7 Å². The van der Waals surface area contributed by atoms with Gasteiger partial charge in [0.1, 0.15) is 5.82 Å². The Balaban J connectivity index is 0.000000623. The molecule has 4 heteroatoms. The topological polar surface area (TPSA) is 0 Å². The monoisotopic (exact) mass is 639 g/mol. The van der Waals surface area contributed by atoms with E-state index in [2.05, 4.69) is 159 Å². The van der Waals surface area contributed by atoms with Crippen LogP contribution in [-0.2, 0) is 12.6 Å². The molecule has 6 aromatic rings. The number of aryl methyl sites for hydroxylation is 2. The molecular formula is C44H59B3F-3.